The molecule has 3 nitrogen and oxygen atoms in total. The van der Waals surface area contributed by atoms with Gasteiger partial charge in [0, 0.05) is 5.56 Å². The third-order valence-electron chi connectivity index (χ3n) is 2.75. The number of rotatable bonds is 2. The largest absolute Gasteiger partial charge is 0.372 e. The Labute approximate surface area is 108 Å². The second kappa shape index (κ2) is 4.37. The highest BCUT2D eigenvalue weighted by atomic mass is 35.5. The maximum absolute atomic E-state index is 5.99. The summed E-state index contributed by atoms with van der Waals surface area (Å²) >= 11 is 7.53. The van der Waals surface area contributed by atoms with Gasteiger partial charge in [0.2, 0.25) is 0 Å². The first-order valence-corrected chi connectivity index (χ1v) is 6.67. The molecule has 1 unspecified atom stereocenters. The molecule has 0 aliphatic carbocycles. The first kappa shape index (κ1) is 11.1. The van der Waals surface area contributed by atoms with Crippen LogP contribution in [0.25, 0.3) is 10.6 Å². The van der Waals surface area contributed by atoms with Gasteiger partial charge in [-0.3, -0.25) is 0 Å². The van der Waals surface area contributed by atoms with Crippen molar-refractivity contribution in [2.24, 2.45) is 0 Å². The molecule has 1 aromatic carbocycles. The molecule has 0 bridgehead atoms. The standard InChI is InChI=1S/C12H11ClN2OS/c1-7(13)11-14-15-12(17-11)8-2-3-9-5-16-6-10(9)4-8/h2-4,7H,5-6H2,1H3. The number of hydrogen-bond acceptors (Lipinski definition) is 4. The van der Waals surface area contributed by atoms with Gasteiger partial charge in [-0.15, -0.1) is 21.8 Å². The van der Waals surface area contributed by atoms with E-state index in [1.807, 2.05) is 6.92 Å². The second-order valence-electron chi connectivity index (χ2n) is 4.04. The number of halogens is 1. The second-order valence-corrected chi connectivity index (χ2v) is 5.70. The van der Waals surface area contributed by atoms with Crippen molar-refractivity contribution in [3.63, 3.8) is 0 Å². The summed E-state index contributed by atoms with van der Waals surface area (Å²) in [5.41, 5.74) is 3.61. The van der Waals surface area contributed by atoms with Crippen LogP contribution in [0.15, 0.2) is 18.2 Å². The first-order valence-electron chi connectivity index (χ1n) is 5.41. The molecule has 0 radical (unpaired) electrons. The van der Waals surface area contributed by atoms with E-state index in [0.717, 1.165) is 22.2 Å². The van der Waals surface area contributed by atoms with Gasteiger partial charge in [-0.1, -0.05) is 23.5 Å². The maximum atomic E-state index is 5.99. The van der Waals surface area contributed by atoms with Crippen LogP contribution in [0, 0.1) is 0 Å². The van der Waals surface area contributed by atoms with Crippen molar-refractivity contribution in [1.82, 2.24) is 10.2 Å². The van der Waals surface area contributed by atoms with Crippen LogP contribution in [0.5, 0.6) is 0 Å². The van der Waals surface area contributed by atoms with Crippen molar-refractivity contribution >= 4 is 22.9 Å². The molecule has 2 aromatic rings. The number of nitrogens with zero attached hydrogens (tertiary/aromatic N) is 2. The van der Waals surface area contributed by atoms with Gasteiger partial charge in [0.15, 0.2) is 0 Å². The Hall–Kier alpha value is -0.970. The SMILES string of the molecule is CC(Cl)c1nnc(-c2ccc3c(c2)COC3)s1. The summed E-state index contributed by atoms with van der Waals surface area (Å²) in [5.74, 6) is 0. The highest BCUT2D eigenvalue weighted by Gasteiger charge is 2.15. The van der Waals surface area contributed by atoms with Crippen molar-refractivity contribution in [2.45, 2.75) is 25.5 Å². The van der Waals surface area contributed by atoms with Crippen molar-refractivity contribution in [3.8, 4) is 10.6 Å². The van der Waals surface area contributed by atoms with Gasteiger partial charge in [-0.25, -0.2) is 0 Å². The molecule has 2 heterocycles. The Balaban J connectivity index is 1.97. The minimum atomic E-state index is -0.0842. The zero-order valence-corrected chi connectivity index (χ0v) is 10.9. The third kappa shape index (κ3) is 2.08. The lowest BCUT2D eigenvalue weighted by molar-refractivity contribution is 0.134. The van der Waals surface area contributed by atoms with Crippen LogP contribution in [0.1, 0.15) is 28.4 Å². The normalized spacial score (nSPS) is 15.9. The van der Waals surface area contributed by atoms with Gasteiger partial charge >= 0.3 is 0 Å². The highest BCUT2D eigenvalue weighted by molar-refractivity contribution is 7.15. The van der Waals surface area contributed by atoms with E-state index in [9.17, 15) is 0 Å². The van der Waals surface area contributed by atoms with Gasteiger partial charge in [0.1, 0.15) is 10.0 Å². The fourth-order valence-electron chi connectivity index (χ4n) is 1.82. The molecule has 3 rings (SSSR count). The molecule has 88 valence electrons. The number of hydrogen-bond donors (Lipinski definition) is 0. The fraction of sp³-hybridized carbons (Fsp3) is 0.333. The first-order chi connectivity index (χ1) is 8.24. The number of ether oxygens (including phenoxy) is 1. The molecule has 0 N–H and O–H groups in total. The molecule has 1 aliphatic heterocycles. The van der Waals surface area contributed by atoms with E-state index in [1.54, 1.807) is 11.3 Å². The average molecular weight is 267 g/mol. The van der Waals surface area contributed by atoms with Crippen molar-refractivity contribution < 1.29 is 4.74 Å². The Kier molecular flexibility index (Phi) is 2.86. The number of benzene rings is 1. The van der Waals surface area contributed by atoms with E-state index in [4.69, 9.17) is 16.3 Å². The average Bonchev–Trinajstić information content (AvgIpc) is 2.97. The Bertz CT molecular complexity index is 553. The summed E-state index contributed by atoms with van der Waals surface area (Å²) in [5, 5.41) is 9.96. The highest BCUT2D eigenvalue weighted by Crippen LogP contribution is 2.31. The lowest BCUT2D eigenvalue weighted by atomic mass is 10.1. The minimum absolute atomic E-state index is 0.0842. The molecule has 5 heteroatoms. The van der Waals surface area contributed by atoms with Gasteiger partial charge < -0.3 is 4.74 Å². The summed E-state index contributed by atoms with van der Waals surface area (Å²) < 4.78 is 5.40. The third-order valence-corrected chi connectivity index (χ3v) is 4.24. The molecule has 17 heavy (non-hydrogen) atoms. The smallest absolute Gasteiger partial charge is 0.147 e. The van der Waals surface area contributed by atoms with Gasteiger partial charge in [0.25, 0.3) is 0 Å². The molecule has 1 atom stereocenters. The molecule has 0 saturated heterocycles. The van der Waals surface area contributed by atoms with Crippen LogP contribution in [0.3, 0.4) is 0 Å². The molecule has 0 saturated carbocycles. The van der Waals surface area contributed by atoms with E-state index >= 15 is 0 Å². The number of fused-ring (bicyclic) bond motifs is 1. The summed E-state index contributed by atoms with van der Waals surface area (Å²) in [4.78, 5) is 0. The van der Waals surface area contributed by atoms with Crippen LogP contribution in [0.4, 0.5) is 0 Å². The molecular formula is C12H11ClN2OS. The van der Waals surface area contributed by atoms with Crippen LogP contribution in [-0.2, 0) is 18.0 Å². The van der Waals surface area contributed by atoms with E-state index in [2.05, 4.69) is 28.4 Å². The Morgan fingerprint density at radius 1 is 1.29 bits per heavy atom. The van der Waals surface area contributed by atoms with E-state index < -0.39 is 0 Å². The molecule has 0 fully saturated rings. The van der Waals surface area contributed by atoms with Crippen molar-refractivity contribution in [3.05, 3.63) is 34.3 Å². The zero-order valence-electron chi connectivity index (χ0n) is 9.31. The van der Waals surface area contributed by atoms with Crippen LogP contribution in [-0.4, -0.2) is 10.2 Å². The molecule has 0 amide bonds. The Morgan fingerprint density at radius 3 is 2.88 bits per heavy atom. The summed E-state index contributed by atoms with van der Waals surface area (Å²) in [6.45, 7) is 3.32. The van der Waals surface area contributed by atoms with Crippen LogP contribution in [0.2, 0.25) is 0 Å². The van der Waals surface area contributed by atoms with Crippen LogP contribution >= 0.6 is 22.9 Å². The molecule has 1 aliphatic rings. The van der Waals surface area contributed by atoms with Gasteiger partial charge in [-0.05, 0) is 24.1 Å². The molecular weight excluding hydrogens is 256 g/mol. The summed E-state index contributed by atoms with van der Waals surface area (Å²) in [6.07, 6.45) is 0. The van der Waals surface area contributed by atoms with Crippen molar-refractivity contribution in [2.75, 3.05) is 0 Å². The predicted molar refractivity (Wildman–Crippen MR) is 68.1 cm³/mol. The fourth-order valence-corrected chi connectivity index (χ4v) is 2.76. The van der Waals surface area contributed by atoms with Crippen LogP contribution < -0.4 is 0 Å². The van der Waals surface area contributed by atoms with E-state index in [0.29, 0.717) is 6.61 Å². The zero-order chi connectivity index (χ0) is 11.8. The van der Waals surface area contributed by atoms with E-state index in [1.165, 1.54) is 11.1 Å². The molecule has 1 aromatic heterocycles. The topological polar surface area (TPSA) is 35.0 Å². The van der Waals surface area contributed by atoms with Gasteiger partial charge in [0.05, 0.1) is 18.6 Å². The monoisotopic (exact) mass is 266 g/mol. The Morgan fingerprint density at radius 2 is 2.12 bits per heavy atom. The quantitative estimate of drug-likeness (QED) is 0.780. The maximum Gasteiger partial charge on any atom is 0.147 e. The van der Waals surface area contributed by atoms with E-state index in [-0.39, 0.29) is 5.38 Å². The summed E-state index contributed by atoms with van der Waals surface area (Å²) in [6, 6.07) is 6.30. The van der Waals surface area contributed by atoms with Gasteiger partial charge in [-0.2, -0.15) is 0 Å². The van der Waals surface area contributed by atoms with Crippen molar-refractivity contribution in [1.29, 1.82) is 0 Å². The predicted octanol–water partition coefficient (Wildman–Crippen LogP) is 3.54. The number of alkyl halides is 1. The minimum Gasteiger partial charge on any atom is -0.372 e. The lowest BCUT2D eigenvalue weighted by Gasteiger charge is -1.99. The molecule has 0 spiro atoms. The number of aromatic nitrogens is 2. The lowest BCUT2D eigenvalue weighted by Crippen LogP contribution is -1.84. The summed E-state index contributed by atoms with van der Waals surface area (Å²) in [7, 11) is 0.